The first-order valence-corrected chi connectivity index (χ1v) is 6.41. The summed E-state index contributed by atoms with van der Waals surface area (Å²) < 4.78 is 40.1. The number of nitro benzene ring substituents is 1. The van der Waals surface area contributed by atoms with Gasteiger partial charge in [0.05, 0.1) is 10.3 Å². The Hall–Kier alpha value is -2.16. The molecule has 1 aromatic rings. The van der Waals surface area contributed by atoms with Crippen molar-refractivity contribution >= 4 is 11.6 Å². The zero-order valence-corrected chi connectivity index (χ0v) is 11.8. The first kappa shape index (κ1) is 16.2. The number of nitrogens with zero attached hydrogens (tertiary/aromatic N) is 2. The zero-order valence-electron chi connectivity index (χ0n) is 11.8. The van der Waals surface area contributed by atoms with E-state index in [2.05, 4.69) is 5.43 Å². The summed E-state index contributed by atoms with van der Waals surface area (Å²) in [6, 6.07) is 2.06. The van der Waals surface area contributed by atoms with E-state index in [1.54, 1.807) is 13.8 Å². The molecule has 1 unspecified atom stereocenters. The Bertz CT molecular complexity index is 599. The van der Waals surface area contributed by atoms with Gasteiger partial charge in [0, 0.05) is 18.7 Å². The molecule has 1 aromatic carbocycles. The van der Waals surface area contributed by atoms with E-state index in [1.807, 2.05) is 0 Å². The Morgan fingerprint density at radius 2 is 1.86 bits per heavy atom. The minimum Gasteiger partial charge on any atom is -0.287 e. The lowest BCUT2D eigenvalue weighted by molar-refractivity contribution is -0.384. The smallest absolute Gasteiger partial charge is 0.287 e. The van der Waals surface area contributed by atoms with Crippen LogP contribution in [0.2, 0.25) is 0 Å². The third kappa shape index (κ3) is 3.03. The number of nitrogens with one attached hydrogen (secondary N) is 1. The number of non-ortho nitro benzene ring substituents is 1. The number of nitro groups is 1. The van der Waals surface area contributed by atoms with Crippen molar-refractivity contribution in [3.63, 3.8) is 0 Å². The van der Waals surface area contributed by atoms with Gasteiger partial charge in [0.25, 0.3) is 5.69 Å². The Morgan fingerprint density at radius 1 is 1.32 bits per heavy atom. The van der Waals surface area contributed by atoms with Crippen LogP contribution >= 0.6 is 0 Å². The number of carbonyl (C=O) groups excluding carboxylic acids is 1. The number of alkyl halides is 3. The van der Waals surface area contributed by atoms with Gasteiger partial charge in [0.15, 0.2) is 0 Å². The van der Waals surface area contributed by atoms with Gasteiger partial charge < -0.3 is 0 Å². The molecule has 1 saturated heterocycles. The van der Waals surface area contributed by atoms with Gasteiger partial charge >= 0.3 is 6.18 Å². The highest BCUT2D eigenvalue weighted by Crippen LogP contribution is 2.40. The second-order valence-electron chi connectivity index (χ2n) is 5.75. The third-order valence-electron chi connectivity index (χ3n) is 3.47. The molecule has 0 aromatic heterocycles. The lowest BCUT2D eigenvalue weighted by Gasteiger charge is -2.29. The van der Waals surface area contributed by atoms with Gasteiger partial charge in [-0.1, -0.05) is 12.1 Å². The Balaban J connectivity index is 2.36. The summed E-state index contributed by atoms with van der Waals surface area (Å²) in [5.41, 5.74) is 0.821. The SMILES string of the molecule is CC1(C)CN(C(c2ccc([N+](=O)[O-])cc2)C(F)(F)F)NC1=O. The van der Waals surface area contributed by atoms with Crippen LogP contribution in [0, 0.1) is 15.5 Å². The van der Waals surface area contributed by atoms with Gasteiger partial charge in [-0.05, 0) is 19.4 Å². The molecule has 22 heavy (non-hydrogen) atoms. The fourth-order valence-corrected chi connectivity index (χ4v) is 2.30. The summed E-state index contributed by atoms with van der Waals surface area (Å²) in [4.78, 5) is 21.6. The number of hydrogen-bond acceptors (Lipinski definition) is 4. The van der Waals surface area contributed by atoms with E-state index in [-0.39, 0.29) is 17.8 Å². The quantitative estimate of drug-likeness (QED) is 0.687. The van der Waals surface area contributed by atoms with Crippen LogP contribution in [0.4, 0.5) is 18.9 Å². The van der Waals surface area contributed by atoms with E-state index < -0.39 is 28.5 Å². The van der Waals surface area contributed by atoms with Crippen molar-refractivity contribution < 1.29 is 22.9 Å². The van der Waals surface area contributed by atoms with E-state index in [9.17, 15) is 28.1 Å². The first-order chi connectivity index (χ1) is 10.0. The molecule has 0 radical (unpaired) electrons. The van der Waals surface area contributed by atoms with E-state index in [0.29, 0.717) is 0 Å². The fourth-order valence-electron chi connectivity index (χ4n) is 2.30. The summed E-state index contributed by atoms with van der Waals surface area (Å²) in [7, 11) is 0. The van der Waals surface area contributed by atoms with Gasteiger partial charge in [0.2, 0.25) is 5.91 Å². The maximum Gasteiger partial charge on any atom is 0.409 e. The number of hydrogen-bond donors (Lipinski definition) is 1. The summed E-state index contributed by atoms with van der Waals surface area (Å²) in [5, 5.41) is 11.4. The van der Waals surface area contributed by atoms with Crippen molar-refractivity contribution in [1.29, 1.82) is 0 Å². The van der Waals surface area contributed by atoms with Crippen LogP contribution in [-0.2, 0) is 4.79 Å². The average molecular weight is 317 g/mol. The number of benzene rings is 1. The highest BCUT2D eigenvalue weighted by Gasteiger charge is 2.51. The van der Waals surface area contributed by atoms with Crippen LogP contribution in [0.25, 0.3) is 0 Å². The number of amides is 1. The summed E-state index contributed by atoms with van der Waals surface area (Å²) in [6.07, 6.45) is -4.64. The molecule has 0 aliphatic carbocycles. The molecule has 1 N–H and O–H groups in total. The van der Waals surface area contributed by atoms with E-state index >= 15 is 0 Å². The predicted octanol–water partition coefficient (Wildman–Crippen LogP) is 2.57. The van der Waals surface area contributed by atoms with Gasteiger partial charge in [0.1, 0.15) is 6.04 Å². The van der Waals surface area contributed by atoms with Crippen LogP contribution in [0.1, 0.15) is 25.5 Å². The normalized spacial score (nSPS) is 19.8. The molecule has 0 bridgehead atoms. The number of halogens is 3. The monoisotopic (exact) mass is 317 g/mol. The third-order valence-corrected chi connectivity index (χ3v) is 3.47. The average Bonchev–Trinajstić information content (AvgIpc) is 2.62. The molecular formula is C13H14F3N3O3. The Kier molecular flexibility index (Phi) is 3.86. The van der Waals surface area contributed by atoms with Crippen LogP contribution in [0.5, 0.6) is 0 Å². The minimum absolute atomic E-state index is 0.118. The van der Waals surface area contributed by atoms with Crippen LogP contribution < -0.4 is 5.43 Å². The molecule has 120 valence electrons. The van der Waals surface area contributed by atoms with E-state index in [0.717, 1.165) is 29.3 Å². The molecule has 2 rings (SSSR count). The zero-order chi connectivity index (χ0) is 16.7. The molecule has 1 aliphatic rings. The fraction of sp³-hybridized carbons (Fsp3) is 0.462. The van der Waals surface area contributed by atoms with Crippen LogP contribution in [0.3, 0.4) is 0 Å². The Labute approximate surface area is 124 Å². The van der Waals surface area contributed by atoms with E-state index in [4.69, 9.17) is 0 Å². The second-order valence-corrected chi connectivity index (χ2v) is 5.75. The number of hydrazine groups is 1. The topological polar surface area (TPSA) is 75.5 Å². The van der Waals surface area contributed by atoms with Gasteiger partial charge in [-0.25, -0.2) is 5.01 Å². The summed E-state index contributed by atoms with van der Waals surface area (Å²) >= 11 is 0. The van der Waals surface area contributed by atoms with Crippen molar-refractivity contribution in [2.24, 2.45) is 5.41 Å². The largest absolute Gasteiger partial charge is 0.409 e. The lowest BCUT2D eigenvalue weighted by Crippen LogP contribution is -2.43. The highest BCUT2D eigenvalue weighted by atomic mass is 19.4. The standard InChI is InChI=1S/C13H14F3N3O3/c1-12(2)7-18(17-11(12)20)10(13(14,15)16)8-3-5-9(6-4-8)19(21)22/h3-6,10H,7H2,1-2H3,(H,17,20). The van der Waals surface area contributed by atoms with Gasteiger partial charge in [-0.3, -0.25) is 20.3 Å². The summed E-state index contributed by atoms with van der Waals surface area (Å²) in [5.74, 6) is -0.497. The first-order valence-electron chi connectivity index (χ1n) is 6.41. The highest BCUT2D eigenvalue weighted by molar-refractivity contribution is 5.83. The maximum absolute atomic E-state index is 13.4. The van der Waals surface area contributed by atoms with Crippen LogP contribution in [0.15, 0.2) is 24.3 Å². The van der Waals surface area contributed by atoms with Crippen molar-refractivity contribution in [2.45, 2.75) is 26.1 Å². The molecule has 9 heteroatoms. The Morgan fingerprint density at radius 3 is 2.23 bits per heavy atom. The molecule has 6 nitrogen and oxygen atoms in total. The van der Waals surface area contributed by atoms with E-state index in [1.165, 1.54) is 0 Å². The van der Waals surface area contributed by atoms with Crippen molar-refractivity contribution in [2.75, 3.05) is 6.54 Å². The minimum atomic E-state index is -4.64. The second kappa shape index (κ2) is 5.24. The summed E-state index contributed by atoms with van der Waals surface area (Å²) in [6.45, 7) is 2.98. The van der Waals surface area contributed by atoms with Crippen molar-refractivity contribution in [1.82, 2.24) is 10.4 Å². The van der Waals surface area contributed by atoms with Gasteiger partial charge in [-0.2, -0.15) is 13.2 Å². The molecule has 1 atom stereocenters. The van der Waals surface area contributed by atoms with Crippen molar-refractivity contribution in [3.8, 4) is 0 Å². The number of rotatable bonds is 3. The molecular weight excluding hydrogens is 303 g/mol. The molecule has 1 fully saturated rings. The van der Waals surface area contributed by atoms with Crippen molar-refractivity contribution in [3.05, 3.63) is 39.9 Å². The molecule has 0 spiro atoms. The lowest BCUT2D eigenvalue weighted by atomic mass is 9.93. The van der Waals surface area contributed by atoms with Gasteiger partial charge in [-0.15, -0.1) is 0 Å². The molecule has 0 saturated carbocycles. The van der Waals surface area contributed by atoms with Crippen LogP contribution in [-0.4, -0.2) is 28.6 Å². The predicted molar refractivity (Wildman–Crippen MR) is 70.5 cm³/mol. The molecule has 1 amide bonds. The number of carbonyl (C=O) groups is 1. The molecule has 1 aliphatic heterocycles. The maximum atomic E-state index is 13.4. The molecule has 1 heterocycles.